The highest BCUT2D eigenvalue weighted by Crippen LogP contribution is 2.20. The summed E-state index contributed by atoms with van der Waals surface area (Å²) in [4.78, 5) is 26.4. The first-order valence-corrected chi connectivity index (χ1v) is 6.52. The third-order valence-electron chi connectivity index (χ3n) is 3.78. The van der Waals surface area contributed by atoms with Crippen LogP contribution in [0.4, 0.5) is 4.79 Å². The maximum atomic E-state index is 12.2. The maximum Gasteiger partial charge on any atom is 0.320 e. The molecule has 1 unspecified atom stereocenters. The van der Waals surface area contributed by atoms with Crippen LogP contribution in [0.3, 0.4) is 0 Å². The lowest BCUT2D eigenvalue weighted by atomic mass is 9.97. The van der Waals surface area contributed by atoms with Crippen LogP contribution in [0.15, 0.2) is 0 Å². The molecule has 0 aromatic heterocycles. The van der Waals surface area contributed by atoms with Gasteiger partial charge < -0.3 is 20.0 Å². The standard InChI is InChI=1S/C12H20N2O4/c15-10-2-1-5-14(8-10)12(18)13-6-3-9(4-7-13)11(16)17/h9-10,15H,1-8H2,(H,16,17). The maximum absolute atomic E-state index is 12.2. The first-order valence-electron chi connectivity index (χ1n) is 6.52. The average molecular weight is 256 g/mol. The van der Waals surface area contributed by atoms with Crippen molar-refractivity contribution in [1.29, 1.82) is 0 Å². The number of hydrogen-bond donors (Lipinski definition) is 2. The Morgan fingerprint density at radius 2 is 1.67 bits per heavy atom. The average Bonchev–Trinajstić information content (AvgIpc) is 2.38. The molecule has 2 amide bonds. The summed E-state index contributed by atoms with van der Waals surface area (Å²) in [6.45, 7) is 2.09. The fourth-order valence-electron chi connectivity index (χ4n) is 2.65. The Morgan fingerprint density at radius 1 is 1.00 bits per heavy atom. The number of β-amino-alcohol motifs (C(OH)–C–C–N with tert-alkyl or cyclic N) is 1. The zero-order valence-corrected chi connectivity index (χ0v) is 10.4. The van der Waals surface area contributed by atoms with E-state index in [0.29, 0.717) is 39.0 Å². The minimum atomic E-state index is -0.768. The summed E-state index contributed by atoms with van der Waals surface area (Å²) in [5.41, 5.74) is 0. The summed E-state index contributed by atoms with van der Waals surface area (Å²) in [6, 6.07) is -0.0578. The summed E-state index contributed by atoms with van der Waals surface area (Å²) in [5, 5.41) is 18.5. The van der Waals surface area contributed by atoms with Crippen molar-refractivity contribution in [1.82, 2.24) is 9.80 Å². The Hall–Kier alpha value is -1.30. The van der Waals surface area contributed by atoms with Crippen LogP contribution in [0.1, 0.15) is 25.7 Å². The molecule has 2 heterocycles. The fourth-order valence-corrected chi connectivity index (χ4v) is 2.65. The topological polar surface area (TPSA) is 81.1 Å². The van der Waals surface area contributed by atoms with Crippen LogP contribution in [0.5, 0.6) is 0 Å². The Kier molecular flexibility index (Phi) is 4.06. The van der Waals surface area contributed by atoms with E-state index in [1.54, 1.807) is 9.80 Å². The van der Waals surface area contributed by atoms with Crippen LogP contribution in [-0.2, 0) is 4.79 Å². The number of urea groups is 1. The van der Waals surface area contributed by atoms with Crippen molar-refractivity contribution in [2.45, 2.75) is 31.8 Å². The first kappa shape index (κ1) is 13.1. The van der Waals surface area contributed by atoms with E-state index in [1.807, 2.05) is 0 Å². The number of hydrogen-bond acceptors (Lipinski definition) is 3. The van der Waals surface area contributed by atoms with Gasteiger partial charge in [0.05, 0.1) is 12.0 Å². The number of nitrogens with zero attached hydrogens (tertiary/aromatic N) is 2. The zero-order chi connectivity index (χ0) is 13.1. The third kappa shape index (κ3) is 2.93. The van der Waals surface area contributed by atoms with Gasteiger partial charge in [0.2, 0.25) is 0 Å². The summed E-state index contributed by atoms with van der Waals surface area (Å²) in [7, 11) is 0. The highest BCUT2D eigenvalue weighted by Gasteiger charge is 2.31. The SMILES string of the molecule is O=C(O)C1CCN(C(=O)N2CCCC(O)C2)CC1. The molecule has 2 aliphatic rings. The number of aliphatic hydroxyl groups excluding tert-OH is 1. The van der Waals surface area contributed by atoms with Gasteiger partial charge in [-0.05, 0) is 25.7 Å². The number of aliphatic hydroxyl groups is 1. The molecule has 2 N–H and O–H groups in total. The zero-order valence-electron chi connectivity index (χ0n) is 10.4. The van der Waals surface area contributed by atoms with Crippen molar-refractivity contribution in [3.63, 3.8) is 0 Å². The number of aliphatic carboxylic acids is 1. The van der Waals surface area contributed by atoms with E-state index in [-0.39, 0.29) is 11.9 Å². The van der Waals surface area contributed by atoms with Crippen LogP contribution in [0, 0.1) is 5.92 Å². The number of piperidine rings is 2. The van der Waals surface area contributed by atoms with E-state index in [2.05, 4.69) is 0 Å². The Bertz CT molecular complexity index is 326. The molecule has 18 heavy (non-hydrogen) atoms. The van der Waals surface area contributed by atoms with Gasteiger partial charge >= 0.3 is 12.0 Å². The van der Waals surface area contributed by atoms with Crippen LogP contribution in [0.2, 0.25) is 0 Å². The summed E-state index contributed by atoms with van der Waals surface area (Å²) < 4.78 is 0. The molecule has 0 spiro atoms. The van der Waals surface area contributed by atoms with E-state index >= 15 is 0 Å². The highest BCUT2D eigenvalue weighted by molar-refractivity contribution is 5.75. The van der Waals surface area contributed by atoms with Crippen molar-refractivity contribution in [3.05, 3.63) is 0 Å². The van der Waals surface area contributed by atoms with Gasteiger partial charge in [0.1, 0.15) is 0 Å². The van der Waals surface area contributed by atoms with Gasteiger partial charge in [0.25, 0.3) is 0 Å². The number of likely N-dealkylation sites (tertiary alicyclic amines) is 2. The molecule has 6 heteroatoms. The number of rotatable bonds is 1. The largest absolute Gasteiger partial charge is 0.481 e. The number of carbonyl (C=O) groups excluding carboxylic acids is 1. The number of carbonyl (C=O) groups is 2. The molecule has 1 atom stereocenters. The molecule has 0 saturated carbocycles. The van der Waals surface area contributed by atoms with Gasteiger partial charge in [-0.25, -0.2) is 4.79 Å². The first-order chi connectivity index (χ1) is 8.58. The molecule has 2 aliphatic heterocycles. The van der Waals surface area contributed by atoms with Crippen molar-refractivity contribution in [2.24, 2.45) is 5.92 Å². The van der Waals surface area contributed by atoms with Gasteiger partial charge in [-0.3, -0.25) is 4.79 Å². The van der Waals surface area contributed by atoms with Gasteiger partial charge in [0, 0.05) is 26.2 Å². The Balaban J connectivity index is 1.85. The van der Waals surface area contributed by atoms with Crippen molar-refractivity contribution >= 4 is 12.0 Å². The molecule has 0 radical (unpaired) electrons. The second-order valence-electron chi connectivity index (χ2n) is 5.12. The fraction of sp³-hybridized carbons (Fsp3) is 0.833. The smallest absolute Gasteiger partial charge is 0.320 e. The summed E-state index contributed by atoms with van der Waals surface area (Å²) in [5.74, 6) is -1.09. The minimum Gasteiger partial charge on any atom is -0.481 e. The van der Waals surface area contributed by atoms with E-state index in [0.717, 1.165) is 12.8 Å². The molecule has 0 aromatic rings. The normalized spacial score (nSPS) is 26.2. The van der Waals surface area contributed by atoms with Crippen molar-refractivity contribution < 1.29 is 19.8 Å². The van der Waals surface area contributed by atoms with E-state index in [9.17, 15) is 14.7 Å². The van der Waals surface area contributed by atoms with Crippen LogP contribution < -0.4 is 0 Å². The predicted octanol–water partition coefficient (Wildman–Crippen LogP) is 0.360. The lowest BCUT2D eigenvalue weighted by molar-refractivity contribution is -0.143. The van der Waals surface area contributed by atoms with Crippen LogP contribution >= 0.6 is 0 Å². The molecular formula is C12H20N2O4. The third-order valence-corrected chi connectivity index (χ3v) is 3.78. The number of carboxylic acid groups (broad SMARTS) is 1. The lowest BCUT2D eigenvalue weighted by Gasteiger charge is -2.37. The molecule has 2 saturated heterocycles. The molecule has 102 valence electrons. The van der Waals surface area contributed by atoms with E-state index < -0.39 is 12.1 Å². The molecular weight excluding hydrogens is 236 g/mol. The number of amides is 2. The van der Waals surface area contributed by atoms with Crippen LogP contribution in [0.25, 0.3) is 0 Å². The molecule has 0 aliphatic carbocycles. The van der Waals surface area contributed by atoms with Crippen LogP contribution in [-0.4, -0.2) is 64.3 Å². The molecule has 0 aromatic carbocycles. The van der Waals surface area contributed by atoms with E-state index in [4.69, 9.17) is 5.11 Å². The quantitative estimate of drug-likeness (QED) is 0.709. The van der Waals surface area contributed by atoms with Gasteiger partial charge in [-0.15, -0.1) is 0 Å². The van der Waals surface area contributed by atoms with E-state index in [1.165, 1.54) is 0 Å². The predicted molar refractivity (Wildman–Crippen MR) is 64.1 cm³/mol. The Morgan fingerprint density at radius 3 is 2.22 bits per heavy atom. The minimum absolute atomic E-state index is 0.0578. The van der Waals surface area contributed by atoms with Gasteiger partial charge in [-0.2, -0.15) is 0 Å². The van der Waals surface area contributed by atoms with Gasteiger partial charge in [-0.1, -0.05) is 0 Å². The molecule has 2 fully saturated rings. The lowest BCUT2D eigenvalue weighted by Crippen LogP contribution is -2.51. The second kappa shape index (κ2) is 5.56. The van der Waals surface area contributed by atoms with Gasteiger partial charge in [0.15, 0.2) is 0 Å². The monoisotopic (exact) mass is 256 g/mol. The number of carboxylic acids is 1. The second-order valence-corrected chi connectivity index (χ2v) is 5.12. The van der Waals surface area contributed by atoms with Crippen molar-refractivity contribution in [3.8, 4) is 0 Å². The van der Waals surface area contributed by atoms with Crippen molar-refractivity contribution in [2.75, 3.05) is 26.2 Å². The highest BCUT2D eigenvalue weighted by atomic mass is 16.4. The molecule has 6 nitrogen and oxygen atoms in total. The molecule has 0 bridgehead atoms. The summed E-state index contributed by atoms with van der Waals surface area (Å²) >= 11 is 0. The Labute approximate surface area is 106 Å². The molecule has 2 rings (SSSR count). The summed E-state index contributed by atoms with van der Waals surface area (Å²) in [6.07, 6.45) is 2.22.